The second-order valence-corrected chi connectivity index (χ2v) is 11.8. The Hall–Kier alpha value is -2.02. The van der Waals surface area contributed by atoms with E-state index in [-0.39, 0.29) is 17.0 Å². The van der Waals surface area contributed by atoms with Crippen LogP contribution in [0.15, 0.2) is 36.4 Å². The van der Waals surface area contributed by atoms with Gasteiger partial charge >= 0.3 is 6.08 Å². The molecule has 1 fully saturated rings. The van der Waals surface area contributed by atoms with E-state index in [9.17, 15) is 26.3 Å². The molecule has 1 saturated heterocycles. The van der Waals surface area contributed by atoms with Gasteiger partial charge in [-0.1, -0.05) is 56.5 Å². The van der Waals surface area contributed by atoms with Gasteiger partial charge < -0.3 is 0 Å². The highest BCUT2D eigenvalue weighted by Gasteiger charge is 2.25. The fourth-order valence-electron chi connectivity index (χ4n) is 4.52. The van der Waals surface area contributed by atoms with Crippen molar-refractivity contribution in [1.29, 1.82) is 0 Å². The van der Waals surface area contributed by atoms with E-state index in [0.29, 0.717) is 12.1 Å². The normalized spacial score (nSPS) is 18.8. The molecule has 0 bridgehead atoms. The van der Waals surface area contributed by atoms with Crippen LogP contribution in [0.25, 0.3) is 17.0 Å². The molecule has 0 aromatic heterocycles. The summed E-state index contributed by atoms with van der Waals surface area (Å²) in [4.78, 5) is 0. The highest BCUT2D eigenvalue weighted by molar-refractivity contribution is 6.59. The van der Waals surface area contributed by atoms with E-state index in [2.05, 4.69) is 6.92 Å². The Balaban J connectivity index is 1.76. The summed E-state index contributed by atoms with van der Waals surface area (Å²) in [6, 6.07) is 9.82. The highest BCUT2D eigenvalue weighted by Crippen LogP contribution is 2.38. The molecule has 0 amide bonds. The van der Waals surface area contributed by atoms with Crippen molar-refractivity contribution in [3.05, 3.63) is 65.0 Å². The van der Waals surface area contributed by atoms with Crippen LogP contribution in [0, 0.1) is 17.5 Å². The van der Waals surface area contributed by atoms with Crippen LogP contribution < -0.4 is 0 Å². The van der Waals surface area contributed by atoms with Crippen LogP contribution in [0.4, 0.5) is 26.3 Å². The largest absolute Gasteiger partial charge is 0.306 e. The Morgan fingerprint density at radius 3 is 2.10 bits per heavy atom. The molecular formula is C24H26F6Si. The van der Waals surface area contributed by atoms with Gasteiger partial charge in [0.05, 0.1) is 5.56 Å². The van der Waals surface area contributed by atoms with Crippen LogP contribution in [0.5, 0.6) is 0 Å². The maximum absolute atomic E-state index is 14.8. The average molecular weight is 457 g/mol. The van der Waals surface area contributed by atoms with Gasteiger partial charge in [-0.25, -0.2) is 17.6 Å². The highest BCUT2D eigenvalue weighted by atomic mass is 28.3. The van der Waals surface area contributed by atoms with Crippen LogP contribution in [-0.2, 0) is 0 Å². The molecule has 1 heterocycles. The molecule has 3 rings (SSSR count). The number of halogens is 6. The Morgan fingerprint density at radius 1 is 0.903 bits per heavy atom. The Kier molecular flexibility index (Phi) is 8.03. The molecule has 0 unspecified atom stereocenters. The summed E-state index contributed by atoms with van der Waals surface area (Å²) < 4.78 is 81.1. The molecule has 0 aliphatic carbocycles. The van der Waals surface area contributed by atoms with Gasteiger partial charge in [0.15, 0.2) is 0 Å². The molecule has 0 spiro atoms. The lowest BCUT2D eigenvalue weighted by atomic mass is 9.91. The summed E-state index contributed by atoms with van der Waals surface area (Å²) in [6.07, 6.45) is 3.09. The SMILES string of the molecule is CCCCC[Si@H]1CC[C@H](c2ccc(-c3cc(F)c(C(F)=C(F)F)c(F)c3)c(F)c2)CC1. The minimum absolute atomic E-state index is 0.0548. The van der Waals surface area contributed by atoms with E-state index < -0.39 is 43.7 Å². The molecule has 0 nitrogen and oxygen atoms in total. The van der Waals surface area contributed by atoms with Crippen LogP contribution in [0.3, 0.4) is 0 Å². The van der Waals surface area contributed by atoms with Gasteiger partial charge in [-0.3, -0.25) is 0 Å². The molecule has 0 radical (unpaired) electrons. The predicted molar refractivity (Wildman–Crippen MR) is 115 cm³/mol. The van der Waals surface area contributed by atoms with E-state index in [0.717, 1.165) is 18.4 Å². The number of hydrogen-bond acceptors (Lipinski definition) is 0. The minimum Gasteiger partial charge on any atom is -0.206 e. The molecule has 2 aromatic rings. The van der Waals surface area contributed by atoms with Gasteiger partial charge in [0.25, 0.3) is 0 Å². The molecule has 0 N–H and O–H groups in total. The van der Waals surface area contributed by atoms with E-state index in [1.165, 1.54) is 49.5 Å². The first-order chi connectivity index (χ1) is 14.8. The Morgan fingerprint density at radius 2 is 1.55 bits per heavy atom. The van der Waals surface area contributed by atoms with E-state index in [4.69, 9.17) is 0 Å². The Bertz CT molecular complexity index is 920. The number of hydrogen-bond donors (Lipinski definition) is 0. The lowest BCUT2D eigenvalue weighted by Crippen LogP contribution is -2.20. The van der Waals surface area contributed by atoms with Gasteiger partial charge in [0.2, 0.25) is 5.83 Å². The lowest BCUT2D eigenvalue weighted by Gasteiger charge is -2.28. The van der Waals surface area contributed by atoms with Crippen molar-refractivity contribution in [3.63, 3.8) is 0 Å². The number of benzene rings is 2. The molecule has 0 saturated carbocycles. The van der Waals surface area contributed by atoms with E-state index in [1.54, 1.807) is 6.07 Å². The summed E-state index contributed by atoms with van der Waals surface area (Å²) in [6.45, 7) is 2.20. The standard InChI is InChI=1S/C24H26F6Si/c1-2-3-4-9-31-10-7-15(8-11-31)16-5-6-18(19(25)12-16)17-13-20(26)22(21(27)14-17)23(28)24(29)30/h5-6,12-15,31H,2-4,7-11H2,1H3/t15-,31-. The van der Waals surface area contributed by atoms with Crippen LogP contribution in [0.2, 0.25) is 18.1 Å². The summed E-state index contributed by atoms with van der Waals surface area (Å²) >= 11 is 0. The lowest BCUT2D eigenvalue weighted by molar-refractivity contribution is 0.407. The first-order valence-corrected chi connectivity index (χ1v) is 13.3. The molecule has 31 heavy (non-hydrogen) atoms. The summed E-state index contributed by atoms with van der Waals surface area (Å²) in [5.41, 5.74) is -0.795. The summed E-state index contributed by atoms with van der Waals surface area (Å²) in [5.74, 6) is -5.63. The van der Waals surface area contributed by atoms with Crippen molar-refractivity contribution >= 4 is 14.6 Å². The van der Waals surface area contributed by atoms with Crippen molar-refractivity contribution < 1.29 is 26.3 Å². The fourth-order valence-corrected chi connectivity index (χ4v) is 8.00. The van der Waals surface area contributed by atoms with Crippen molar-refractivity contribution in [2.75, 3.05) is 0 Å². The minimum atomic E-state index is -2.82. The Labute approximate surface area is 180 Å². The topological polar surface area (TPSA) is 0 Å². The zero-order valence-corrected chi connectivity index (χ0v) is 18.6. The van der Waals surface area contributed by atoms with Gasteiger partial charge in [0, 0.05) is 14.4 Å². The predicted octanol–water partition coefficient (Wildman–Crippen LogP) is 8.60. The number of unbranched alkanes of at least 4 members (excludes halogenated alkanes) is 2. The molecule has 7 heteroatoms. The first-order valence-electron chi connectivity index (χ1n) is 10.8. The summed E-state index contributed by atoms with van der Waals surface area (Å²) in [5, 5.41) is 0. The molecular weight excluding hydrogens is 430 g/mol. The molecule has 1 aliphatic rings. The quantitative estimate of drug-likeness (QED) is 0.222. The zero-order chi connectivity index (χ0) is 22.5. The maximum atomic E-state index is 14.8. The van der Waals surface area contributed by atoms with Crippen molar-refractivity contribution in [2.45, 2.75) is 63.1 Å². The van der Waals surface area contributed by atoms with E-state index >= 15 is 0 Å². The zero-order valence-electron chi connectivity index (χ0n) is 17.5. The molecule has 2 aromatic carbocycles. The third kappa shape index (κ3) is 5.62. The molecule has 1 aliphatic heterocycles. The van der Waals surface area contributed by atoms with Crippen LogP contribution in [-0.4, -0.2) is 8.80 Å². The van der Waals surface area contributed by atoms with E-state index in [1.807, 2.05) is 0 Å². The van der Waals surface area contributed by atoms with Gasteiger partial charge in [0.1, 0.15) is 17.5 Å². The van der Waals surface area contributed by atoms with Crippen molar-refractivity contribution in [2.24, 2.45) is 0 Å². The number of rotatable bonds is 7. The van der Waals surface area contributed by atoms with Crippen molar-refractivity contribution in [1.82, 2.24) is 0 Å². The smallest absolute Gasteiger partial charge is 0.206 e. The van der Waals surface area contributed by atoms with Crippen LogP contribution in [0.1, 0.15) is 56.1 Å². The second-order valence-electron chi connectivity index (χ2n) is 8.34. The van der Waals surface area contributed by atoms with Gasteiger partial charge in [-0.05, 0) is 48.1 Å². The maximum Gasteiger partial charge on any atom is 0.306 e. The van der Waals surface area contributed by atoms with Gasteiger partial charge in [-0.15, -0.1) is 0 Å². The van der Waals surface area contributed by atoms with Crippen molar-refractivity contribution in [3.8, 4) is 11.1 Å². The second kappa shape index (κ2) is 10.5. The first kappa shape index (κ1) is 23.6. The molecule has 168 valence electrons. The molecule has 0 atom stereocenters. The van der Waals surface area contributed by atoms with Crippen LogP contribution >= 0.6 is 0 Å². The third-order valence-corrected chi connectivity index (χ3v) is 9.79. The fraction of sp³-hybridized carbons (Fsp3) is 0.417. The average Bonchev–Trinajstić information content (AvgIpc) is 2.73. The monoisotopic (exact) mass is 456 g/mol. The third-order valence-electron chi connectivity index (χ3n) is 6.27. The van der Waals surface area contributed by atoms with Gasteiger partial charge in [-0.2, -0.15) is 8.78 Å². The summed E-state index contributed by atoms with van der Waals surface area (Å²) in [7, 11) is -0.688.